The van der Waals surface area contributed by atoms with Gasteiger partial charge in [-0.05, 0) is 29.3 Å². The number of alkyl halides is 1. The van der Waals surface area contributed by atoms with Crippen molar-refractivity contribution in [3.05, 3.63) is 59.4 Å². The molecule has 0 amide bonds. The van der Waals surface area contributed by atoms with E-state index < -0.39 is 0 Å². The van der Waals surface area contributed by atoms with Crippen molar-refractivity contribution in [2.24, 2.45) is 0 Å². The van der Waals surface area contributed by atoms with Crippen LogP contribution in [0.25, 0.3) is 11.0 Å². The first-order chi connectivity index (χ1) is 11.1. The standard InChI is InChI=1S/C19H18ClN3/c1-4-14-5-7-16(8-6-14)19(2,3)17-11-15-12-22-23(10-9-20)18(15)21-13-17/h1,5-8,11-13H,9-10H2,2-3H3. The Labute approximate surface area is 141 Å². The summed E-state index contributed by atoms with van der Waals surface area (Å²) in [6, 6.07) is 10.3. The van der Waals surface area contributed by atoms with E-state index in [1.807, 2.05) is 29.2 Å². The molecule has 0 aliphatic heterocycles. The van der Waals surface area contributed by atoms with Gasteiger partial charge in [0.1, 0.15) is 0 Å². The molecule has 3 rings (SSSR count). The van der Waals surface area contributed by atoms with Crippen LogP contribution in [-0.4, -0.2) is 20.6 Å². The fraction of sp³-hybridized carbons (Fsp3) is 0.263. The minimum absolute atomic E-state index is 0.164. The van der Waals surface area contributed by atoms with Gasteiger partial charge in [0.2, 0.25) is 0 Å². The first kappa shape index (κ1) is 15.6. The van der Waals surface area contributed by atoms with Crippen molar-refractivity contribution >= 4 is 22.6 Å². The fourth-order valence-electron chi connectivity index (χ4n) is 2.71. The molecule has 0 fully saturated rings. The highest BCUT2D eigenvalue weighted by atomic mass is 35.5. The highest BCUT2D eigenvalue weighted by molar-refractivity contribution is 6.17. The SMILES string of the molecule is C#Cc1ccc(C(C)(C)c2cnc3c(cnn3CCCl)c2)cc1. The maximum Gasteiger partial charge on any atom is 0.157 e. The lowest BCUT2D eigenvalue weighted by Crippen LogP contribution is -2.19. The van der Waals surface area contributed by atoms with E-state index in [9.17, 15) is 0 Å². The molecule has 116 valence electrons. The topological polar surface area (TPSA) is 30.7 Å². The first-order valence-corrected chi connectivity index (χ1v) is 8.05. The van der Waals surface area contributed by atoms with Crippen LogP contribution < -0.4 is 0 Å². The zero-order chi connectivity index (χ0) is 16.4. The number of fused-ring (bicyclic) bond motifs is 1. The van der Waals surface area contributed by atoms with Gasteiger partial charge in [0.15, 0.2) is 5.65 Å². The van der Waals surface area contributed by atoms with Gasteiger partial charge >= 0.3 is 0 Å². The summed E-state index contributed by atoms with van der Waals surface area (Å²) in [6.45, 7) is 5.03. The minimum Gasteiger partial charge on any atom is -0.246 e. The van der Waals surface area contributed by atoms with Crippen LogP contribution in [0.3, 0.4) is 0 Å². The quantitative estimate of drug-likeness (QED) is 0.537. The Morgan fingerprint density at radius 2 is 1.91 bits per heavy atom. The van der Waals surface area contributed by atoms with Gasteiger partial charge in [-0.3, -0.25) is 0 Å². The number of aromatic nitrogens is 3. The Bertz CT molecular complexity index is 870. The summed E-state index contributed by atoms with van der Waals surface area (Å²) >= 11 is 5.80. The molecule has 3 nitrogen and oxygen atoms in total. The lowest BCUT2D eigenvalue weighted by molar-refractivity contribution is 0.637. The number of hydrogen-bond acceptors (Lipinski definition) is 2. The molecular formula is C19H18ClN3. The van der Waals surface area contributed by atoms with Gasteiger partial charge in [-0.1, -0.05) is 31.9 Å². The molecular weight excluding hydrogens is 306 g/mol. The third-order valence-corrected chi connectivity index (χ3v) is 4.44. The molecule has 23 heavy (non-hydrogen) atoms. The molecule has 0 aliphatic carbocycles. The molecule has 0 aliphatic rings. The zero-order valence-electron chi connectivity index (χ0n) is 13.3. The molecule has 4 heteroatoms. The molecule has 0 N–H and O–H groups in total. The van der Waals surface area contributed by atoms with Gasteiger partial charge in [-0.25, -0.2) is 9.67 Å². The average Bonchev–Trinajstić information content (AvgIpc) is 2.97. The summed E-state index contributed by atoms with van der Waals surface area (Å²) in [7, 11) is 0. The molecule has 0 unspecified atom stereocenters. The van der Waals surface area contributed by atoms with Gasteiger partial charge in [0, 0.05) is 28.4 Å². The molecule has 0 bridgehead atoms. The van der Waals surface area contributed by atoms with Crippen LogP contribution in [0.1, 0.15) is 30.5 Å². The molecule has 1 aromatic carbocycles. The molecule has 2 heterocycles. The molecule has 0 radical (unpaired) electrons. The molecule has 0 spiro atoms. The van der Waals surface area contributed by atoms with Crippen molar-refractivity contribution in [1.82, 2.24) is 14.8 Å². The van der Waals surface area contributed by atoms with E-state index in [2.05, 4.69) is 48.0 Å². The molecule has 0 atom stereocenters. The van der Waals surface area contributed by atoms with E-state index >= 15 is 0 Å². The molecule has 3 aromatic rings. The number of benzene rings is 1. The normalized spacial score (nSPS) is 11.6. The van der Waals surface area contributed by atoms with Crippen molar-refractivity contribution < 1.29 is 0 Å². The summed E-state index contributed by atoms with van der Waals surface area (Å²) in [5, 5.41) is 5.38. The molecule has 0 saturated carbocycles. The van der Waals surface area contributed by atoms with Crippen molar-refractivity contribution in [3.63, 3.8) is 0 Å². The zero-order valence-corrected chi connectivity index (χ0v) is 14.0. The van der Waals surface area contributed by atoms with Crippen molar-refractivity contribution in [1.29, 1.82) is 0 Å². The predicted octanol–water partition coefficient (Wildman–Crippen LogP) is 3.98. The third kappa shape index (κ3) is 2.83. The fourth-order valence-corrected chi connectivity index (χ4v) is 2.87. The van der Waals surface area contributed by atoms with Crippen molar-refractivity contribution in [3.8, 4) is 12.3 Å². The summed E-state index contributed by atoms with van der Waals surface area (Å²) in [5.74, 6) is 3.17. The molecule has 2 aromatic heterocycles. The highest BCUT2D eigenvalue weighted by Crippen LogP contribution is 2.32. The number of nitrogens with zero attached hydrogens (tertiary/aromatic N) is 3. The van der Waals surface area contributed by atoms with Gasteiger partial charge in [-0.2, -0.15) is 5.10 Å². The summed E-state index contributed by atoms with van der Waals surface area (Å²) in [6.07, 6.45) is 9.19. The Balaban J connectivity index is 2.01. The van der Waals surface area contributed by atoms with Crippen LogP contribution in [0.2, 0.25) is 0 Å². The monoisotopic (exact) mass is 323 g/mol. The summed E-state index contributed by atoms with van der Waals surface area (Å²) in [4.78, 5) is 4.59. The second-order valence-electron chi connectivity index (χ2n) is 6.04. The maximum atomic E-state index is 5.80. The van der Waals surface area contributed by atoms with E-state index in [-0.39, 0.29) is 5.41 Å². The first-order valence-electron chi connectivity index (χ1n) is 7.51. The number of hydrogen-bond donors (Lipinski definition) is 0. The average molecular weight is 324 g/mol. The van der Waals surface area contributed by atoms with Gasteiger partial charge in [0.25, 0.3) is 0 Å². The lowest BCUT2D eigenvalue weighted by Gasteiger charge is -2.26. The highest BCUT2D eigenvalue weighted by Gasteiger charge is 2.24. The predicted molar refractivity (Wildman–Crippen MR) is 94.8 cm³/mol. The van der Waals surface area contributed by atoms with Crippen molar-refractivity contribution in [2.45, 2.75) is 25.8 Å². The van der Waals surface area contributed by atoms with Crippen LogP contribution in [-0.2, 0) is 12.0 Å². The van der Waals surface area contributed by atoms with E-state index in [4.69, 9.17) is 18.0 Å². The minimum atomic E-state index is -0.164. The van der Waals surface area contributed by atoms with Crippen LogP contribution in [0.15, 0.2) is 42.7 Å². The Morgan fingerprint density at radius 1 is 1.17 bits per heavy atom. The van der Waals surface area contributed by atoms with Gasteiger partial charge in [0.05, 0.1) is 12.7 Å². The maximum absolute atomic E-state index is 5.80. The van der Waals surface area contributed by atoms with Crippen LogP contribution in [0.5, 0.6) is 0 Å². The van der Waals surface area contributed by atoms with Crippen molar-refractivity contribution in [2.75, 3.05) is 5.88 Å². The van der Waals surface area contributed by atoms with E-state index in [0.29, 0.717) is 12.4 Å². The lowest BCUT2D eigenvalue weighted by atomic mass is 9.78. The third-order valence-electron chi connectivity index (χ3n) is 4.27. The number of pyridine rings is 1. The summed E-state index contributed by atoms with van der Waals surface area (Å²) in [5.41, 5.74) is 3.94. The number of terminal acetylenes is 1. The van der Waals surface area contributed by atoms with E-state index in [1.54, 1.807) is 0 Å². The van der Waals surface area contributed by atoms with E-state index in [1.165, 1.54) is 5.56 Å². The largest absolute Gasteiger partial charge is 0.246 e. The smallest absolute Gasteiger partial charge is 0.157 e. The number of halogens is 1. The Hall–Kier alpha value is -2.31. The second kappa shape index (κ2) is 6.06. The van der Waals surface area contributed by atoms with Crippen LogP contribution in [0.4, 0.5) is 0 Å². The number of rotatable bonds is 4. The second-order valence-corrected chi connectivity index (χ2v) is 6.42. The Kier molecular flexibility index (Phi) is 4.11. The van der Waals surface area contributed by atoms with Crippen LogP contribution >= 0.6 is 11.6 Å². The van der Waals surface area contributed by atoms with Gasteiger partial charge in [-0.15, -0.1) is 18.0 Å². The Morgan fingerprint density at radius 3 is 2.57 bits per heavy atom. The summed E-state index contributed by atoms with van der Waals surface area (Å²) < 4.78 is 1.83. The van der Waals surface area contributed by atoms with Gasteiger partial charge < -0.3 is 0 Å². The van der Waals surface area contributed by atoms with E-state index in [0.717, 1.165) is 22.2 Å². The molecule has 0 saturated heterocycles. The number of aryl methyl sites for hydroxylation is 1. The van der Waals surface area contributed by atoms with Crippen LogP contribution in [0, 0.1) is 12.3 Å².